The molecule has 0 amide bonds. The van der Waals surface area contributed by atoms with Gasteiger partial charge in [0, 0.05) is 0 Å². The van der Waals surface area contributed by atoms with Gasteiger partial charge in [-0.25, -0.2) is 33.9 Å². The van der Waals surface area contributed by atoms with Crippen molar-refractivity contribution in [2.75, 3.05) is 6.61 Å². The molecular formula is C37H34N2O11. The van der Waals surface area contributed by atoms with E-state index in [-0.39, 0.29) is 28.2 Å². The quantitative estimate of drug-likeness (QED) is 0.171. The second-order valence-corrected chi connectivity index (χ2v) is 12.2. The molecule has 1 fully saturated rings. The van der Waals surface area contributed by atoms with Gasteiger partial charge in [-0.3, -0.25) is 0 Å². The minimum atomic E-state index is -1.56. The molecule has 50 heavy (non-hydrogen) atoms. The van der Waals surface area contributed by atoms with Crippen LogP contribution in [-0.2, 0) is 23.7 Å². The molecule has 1 aromatic heterocycles. The molecule has 0 bridgehead atoms. The van der Waals surface area contributed by atoms with Crippen LogP contribution in [0.1, 0.15) is 90.3 Å². The topological polar surface area (TPSA) is 178 Å². The number of hydrogen-bond donors (Lipinski definition) is 1. The number of nitrogens with zero attached hydrogens (tertiary/aromatic N) is 2. The molecule has 13 nitrogen and oxygen atoms in total. The number of aromatic carboxylic acids is 1. The van der Waals surface area contributed by atoms with Crippen molar-refractivity contribution >= 4 is 29.8 Å². The fourth-order valence-corrected chi connectivity index (χ4v) is 5.19. The Morgan fingerprint density at radius 1 is 0.700 bits per heavy atom. The van der Waals surface area contributed by atoms with E-state index in [1.54, 1.807) is 87.5 Å². The maximum atomic E-state index is 13.6. The predicted octanol–water partition coefficient (Wildman–Crippen LogP) is 5.19. The average Bonchev–Trinajstić information content (AvgIpc) is 3.42. The second-order valence-electron chi connectivity index (χ2n) is 12.2. The van der Waals surface area contributed by atoms with E-state index in [9.17, 15) is 29.1 Å². The lowest BCUT2D eigenvalue weighted by molar-refractivity contribution is -0.0453. The van der Waals surface area contributed by atoms with Gasteiger partial charge in [0.1, 0.15) is 35.8 Å². The Kier molecular flexibility index (Phi) is 10.7. The number of aryl methyl sites for hydroxylation is 1. The zero-order valence-electron chi connectivity index (χ0n) is 27.6. The first-order valence-corrected chi connectivity index (χ1v) is 15.6. The van der Waals surface area contributed by atoms with Gasteiger partial charge in [-0.05, 0) is 64.1 Å². The van der Waals surface area contributed by atoms with Gasteiger partial charge in [0.15, 0.2) is 17.9 Å². The third-order valence-electron chi connectivity index (χ3n) is 7.33. The molecule has 1 N–H and O–H groups in total. The Bertz CT molecular complexity index is 1880. The molecule has 4 aromatic rings. The van der Waals surface area contributed by atoms with E-state index in [2.05, 4.69) is 9.97 Å². The summed E-state index contributed by atoms with van der Waals surface area (Å²) in [7, 11) is 0. The van der Waals surface area contributed by atoms with Crippen molar-refractivity contribution in [3.8, 4) is 0 Å². The van der Waals surface area contributed by atoms with E-state index in [4.69, 9.17) is 23.7 Å². The zero-order valence-corrected chi connectivity index (χ0v) is 27.6. The van der Waals surface area contributed by atoms with Crippen LogP contribution in [0.5, 0.6) is 0 Å². The van der Waals surface area contributed by atoms with Crippen molar-refractivity contribution in [2.24, 2.45) is 0 Å². The van der Waals surface area contributed by atoms with Crippen molar-refractivity contribution in [3.05, 3.63) is 130 Å². The van der Waals surface area contributed by atoms with Crippen LogP contribution in [0.25, 0.3) is 0 Å². The maximum Gasteiger partial charge on any atom is 0.355 e. The molecule has 1 aliphatic rings. The second kappa shape index (κ2) is 15.1. The van der Waals surface area contributed by atoms with Crippen LogP contribution < -0.4 is 0 Å². The zero-order chi connectivity index (χ0) is 36.0. The minimum Gasteiger partial charge on any atom is -0.476 e. The lowest BCUT2D eigenvalue weighted by Crippen LogP contribution is -2.41. The fourth-order valence-electron chi connectivity index (χ4n) is 5.19. The third-order valence-corrected chi connectivity index (χ3v) is 7.33. The number of hydrogen-bond acceptors (Lipinski definition) is 12. The first kappa shape index (κ1) is 35.4. The molecular weight excluding hydrogens is 648 g/mol. The van der Waals surface area contributed by atoms with Crippen molar-refractivity contribution in [3.63, 3.8) is 0 Å². The molecule has 3 aromatic carbocycles. The maximum absolute atomic E-state index is 13.6. The molecule has 4 atom stereocenters. The number of rotatable bonds is 10. The Morgan fingerprint density at radius 3 is 1.66 bits per heavy atom. The van der Waals surface area contributed by atoms with Crippen LogP contribution in [0.4, 0.5) is 0 Å². The first-order valence-electron chi connectivity index (χ1n) is 15.6. The van der Waals surface area contributed by atoms with E-state index in [1.807, 2.05) is 0 Å². The Hall–Kier alpha value is -5.95. The van der Waals surface area contributed by atoms with E-state index < -0.39 is 77.7 Å². The summed E-state index contributed by atoms with van der Waals surface area (Å²) < 4.78 is 29.3. The summed E-state index contributed by atoms with van der Waals surface area (Å²) in [5.41, 5.74) is -2.08. The van der Waals surface area contributed by atoms with Gasteiger partial charge < -0.3 is 28.8 Å². The molecule has 1 saturated heterocycles. The van der Waals surface area contributed by atoms with Gasteiger partial charge in [0.2, 0.25) is 0 Å². The number of carboxylic acid groups (broad SMARTS) is 1. The molecule has 0 unspecified atom stereocenters. The summed E-state index contributed by atoms with van der Waals surface area (Å²) in [5, 5.41) is 10.1. The molecule has 0 saturated carbocycles. The molecule has 13 heteroatoms. The number of carbonyl (C=O) groups is 5. The summed E-state index contributed by atoms with van der Waals surface area (Å²) in [6, 6.07) is 24.0. The summed E-state index contributed by atoms with van der Waals surface area (Å²) >= 11 is 0. The monoisotopic (exact) mass is 682 g/mol. The Balaban J connectivity index is 1.63. The SMILES string of the molecule is Cc1nc(C(=O)O)c(C(=O)OC(C)(C)C)c([C@@H]2O[C@H](COC(=O)c3ccccc3)[C@@H](OC(=O)c3ccccc3)[C@H]2OC(=O)c2ccccc2)n1. The number of ether oxygens (including phenoxy) is 5. The summed E-state index contributed by atoms with van der Waals surface area (Å²) in [4.78, 5) is 74.5. The number of carbonyl (C=O) groups excluding carboxylic acids is 4. The van der Waals surface area contributed by atoms with Gasteiger partial charge in [-0.1, -0.05) is 54.6 Å². The summed E-state index contributed by atoms with van der Waals surface area (Å²) in [6.07, 6.45) is -5.85. The van der Waals surface area contributed by atoms with Crippen LogP contribution in [0.15, 0.2) is 91.0 Å². The number of carboxylic acids is 1. The van der Waals surface area contributed by atoms with Gasteiger partial charge in [-0.15, -0.1) is 0 Å². The van der Waals surface area contributed by atoms with Crippen molar-refractivity contribution < 1.29 is 52.8 Å². The lowest BCUT2D eigenvalue weighted by Gasteiger charge is -2.26. The van der Waals surface area contributed by atoms with E-state index in [0.717, 1.165) is 0 Å². The highest BCUT2D eigenvalue weighted by atomic mass is 16.7. The van der Waals surface area contributed by atoms with Crippen molar-refractivity contribution in [2.45, 2.75) is 57.7 Å². The smallest absolute Gasteiger partial charge is 0.355 e. The molecule has 2 heterocycles. The van der Waals surface area contributed by atoms with Crippen LogP contribution in [0.3, 0.4) is 0 Å². The first-order chi connectivity index (χ1) is 23.8. The van der Waals surface area contributed by atoms with E-state index in [1.165, 1.54) is 31.2 Å². The minimum absolute atomic E-state index is 0.0572. The molecule has 5 rings (SSSR count). The molecule has 0 aliphatic carbocycles. The highest BCUT2D eigenvalue weighted by Crippen LogP contribution is 2.40. The molecule has 0 spiro atoms. The molecule has 1 aliphatic heterocycles. The Labute approximate surface area is 287 Å². The highest BCUT2D eigenvalue weighted by Gasteiger charge is 2.53. The lowest BCUT2D eigenvalue weighted by atomic mass is 9.99. The van der Waals surface area contributed by atoms with Crippen molar-refractivity contribution in [1.29, 1.82) is 0 Å². The Morgan fingerprint density at radius 2 is 1.18 bits per heavy atom. The van der Waals surface area contributed by atoms with Crippen LogP contribution >= 0.6 is 0 Å². The van der Waals surface area contributed by atoms with Crippen molar-refractivity contribution in [1.82, 2.24) is 9.97 Å². The summed E-state index contributed by atoms with van der Waals surface area (Å²) in [6.45, 7) is 5.67. The van der Waals surface area contributed by atoms with Crippen LogP contribution in [-0.4, -0.2) is 75.4 Å². The highest BCUT2D eigenvalue weighted by molar-refractivity contribution is 6.02. The van der Waals surface area contributed by atoms with Gasteiger partial charge in [-0.2, -0.15) is 0 Å². The summed E-state index contributed by atoms with van der Waals surface area (Å²) in [5.74, 6) is -5.10. The van der Waals surface area contributed by atoms with Crippen LogP contribution in [0.2, 0.25) is 0 Å². The normalized spacial score (nSPS) is 18.5. The van der Waals surface area contributed by atoms with E-state index in [0.29, 0.717) is 0 Å². The molecule has 0 radical (unpaired) electrons. The number of benzene rings is 3. The van der Waals surface area contributed by atoms with Crippen LogP contribution in [0, 0.1) is 6.92 Å². The number of esters is 4. The largest absolute Gasteiger partial charge is 0.476 e. The molecule has 258 valence electrons. The number of aromatic nitrogens is 2. The standard InChI is InChI=1S/C37H34N2O11/c1-21-38-27(26(28(39-21)32(40)41)36(45)50-37(2,3)4)30-31(49-35(44)24-18-12-7-13-19-24)29(48-34(43)23-16-10-6-11-17-23)25(47-30)20-46-33(42)22-14-8-5-9-15-22/h5-19,25,29-31H,20H2,1-4H3,(H,40,41)/t25-,29-,30+,31-/m1/s1. The van der Waals surface area contributed by atoms with Gasteiger partial charge >= 0.3 is 29.8 Å². The predicted molar refractivity (Wildman–Crippen MR) is 175 cm³/mol. The fraction of sp³-hybridized carbons (Fsp3) is 0.270. The van der Waals surface area contributed by atoms with E-state index >= 15 is 0 Å². The van der Waals surface area contributed by atoms with Gasteiger partial charge in [0.25, 0.3) is 0 Å². The third kappa shape index (κ3) is 8.36. The average molecular weight is 683 g/mol. The van der Waals surface area contributed by atoms with Gasteiger partial charge in [0.05, 0.1) is 22.4 Å².